The van der Waals surface area contributed by atoms with Gasteiger partial charge in [-0.15, -0.1) is 0 Å². The van der Waals surface area contributed by atoms with E-state index < -0.39 is 0 Å². The fourth-order valence-corrected chi connectivity index (χ4v) is 1.73. The Balaban J connectivity index is 2.36. The van der Waals surface area contributed by atoms with Crippen LogP contribution in [0.4, 0.5) is 0 Å². The van der Waals surface area contributed by atoms with Crippen molar-refractivity contribution in [2.24, 2.45) is 5.73 Å². The summed E-state index contributed by atoms with van der Waals surface area (Å²) in [7, 11) is 1.63. The fourth-order valence-electron chi connectivity index (χ4n) is 1.24. The largest absolute Gasteiger partial charge is 0.490 e. The van der Waals surface area contributed by atoms with Crippen LogP contribution in [-0.2, 0) is 9.47 Å². The lowest BCUT2D eigenvalue weighted by Crippen LogP contribution is -2.12. The molecule has 0 atom stereocenters. The molecule has 0 unspecified atom stereocenters. The topological polar surface area (TPSA) is 77.6 Å². The second-order valence-electron chi connectivity index (χ2n) is 3.51. The zero-order valence-corrected chi connectivity index (χ0v) is 11.8. The van der Waals surface area contributed by atoms with Crippen LogP contribution in [0.3, 0.4) is 0 Å². The van der Waals surface area contributed by atoms with Gasteiger partial charge in [-0.1, -0.05) is 0 Å². The van der Waals surface area contributed by atoms with Crippen LogP contribution in [0, 0.1) is 5.41 Å². The number of hydrogen-bond donors (Lipinski definition) is 2. The van der Waals surface area contributed by atoms with E-state index in [4.69, 9.17) is 25.4 Å². The van der Waals surface area contributed by atoms with Crippen molar-refractivity contribution >= 4 is 21.8 Å². The minimum absolute atomic E-state index is 0.0325. The Bertz CT molecular complexity index is 399. The number of nitrogens with one attached hydrogen (secondary N) is 1. The predicted octanol–water partition coefficient (Wildman–Crippen LogP) is 1.77. The van der Waals surface area contributed by atoms with Crippen molar-refractivity contribution in [3.05, 3.63) is 28.2 Å². The van der Waals surface area contributed by atoms with E-state index in [1.165, 1.54) is 0 Å². The molecule has 0 heterocycles. The summed E-state index contributed by atoms with van der Waals surface area (Å²) in [4.78, 5) is 0. The van der Waals surface area contributed by atoms with Gasteiger partial charge in [-0.05, 0) is 34.1 Å². The van der Waals surface area contributed by atoms with E-state index in [0.717, 1.165) is 4.47 Å². The normalized spacial score (nSPS) is 10.3. The van der Waals surface area contributed by atoms with Crippen LogP contribution in [0.5, 0.6) is 5.75 Å². The standard InChI is InChI=1S/C12H17BrN2O3/c1-16-4-5-17-6-7-18-11-3-2-9(12(14)15)8-10(11)13/h2-3,8H,4-7H2,1H3,(H3,14,15). The van der Waals surface area contributed by atoms with Gasteiger partial charge in [0.05, 0.1) is 24.3 Å². The molecule has 0 aliphatic carbocycles. The summed E-state index contributed by atoms with van der Waals surface area (Å²) in [6, 6.07) is 5.27. The summed E-state index contributed by atoms with van der Waals surface area (Å²) in [6.07, 6.45) is 0. The number of rotatable bonds is 8. The third-order valence-electron chi connectivity index (χ3n) is 2.16. The molecule has 1 aromatic carbocycles. The molecule has 0 aliphatic rings. The summed E-state index contributed by atoms with van der Waals surface area (Å²) in [5, 5.41) is 7.32. The number of nitrogens with two attached hydrogens (primary N) is 1. The Morgan fingerprint density at radius 1 is 1.28 bits per heavy atom. The minimum Gasteiger partial charge on any atom is -0.490 e. The predicted molar refractivity (Wildman–Crippen MR) is 73.3 cm³/mol. The van der Waals surface area contributed by atoms with Crippen LogP contribution in [0.1, 0.15) is 5.56 Å². The number of nitrogen functional groups attached to an aromatic ring is 1. The van der Waals surface area contributed by atoms with Crippen LogP contribution < -0.4 is 10.5 Å². The average molecular weight is 317 g/mol. The molecule has 0 amide bonds. The molecular formula is C12H17BrN2O3. The van der Waals surface area contributed by atoms with E-state index in [9.17, 15) is 0 Å². The van der Waals surface area contributed by atoms with E-state index in [1.54, 1.807) is 25.3 Å². The summed E-state index contributed by atoms with van der Waals surface area (Å²) in [5.41, 5.74) is 6.05. The van der Waals surface area contributed by atoms with Gasteiger partial charge in [-0.25, -0.2) is 0 Å². The molecule has 0 radical (unpaired) electrons. The first-order chi connectivity index (χ1) is 8.65. The molecule has 1 rings (SSSR count). The highest BCUT2D eigenvalue weighted by atomic mass is 79.9. The third-order valence-corrected chi connectivity index (χ3v) is 2.78. The Morgan fingerprint density at radius 2 is 2.00 bits per heavy atom. The van der Waals surface area contributed by atoms with Gasteiger partial charge >= 0.3 is 0 Å². The number of ether oxygens (including phenoxy) is 3. The first-order valence-electron chi connectivity index (χ1n) is 5.48. The number of hydrogen-bond acceptors (Lipinski definition) is 4. The van der Waals surface area contributed by atoms with Crippen molar-refractivity contribution in [1.29, 1.82) is 5.41 Å². The zero-order chi connectivity index (χ0) is 13.4. The molecule has 0 saturated heterocycles. The maximum atomic E-state index is 7.32. The van der Waals surface area contributed by atoms with Crippen molar-refractivity contribution < 1.29 is 14.2 Å². The molecule has 100 valence electrons. The van der Waals surface area contributed by atoms with Gasteiger partial charge in [-0.3, -0.25) is 5.41 Å². The zero-order valence-electron chi connectivity index (χ0n) is 10.2. The quantitative estimate of drug-likeness (QED) is 0.435. The Kier molecular flexibility index (Phi) is 6.70. The number of amidine groups is 1. The fraction of sp³-hybridized carbons (Fsp3) is 0.417. The maximum absolute atomic E-state index is 7.32. The van der Waals surface area contributed by atoms with Gasteiger partial charge in [0.25, 0.3) is 0 Å². The van der Waals surface area contributed by atoms with Crippen LogP contribution >= 0.6 is 15.9 Å². The van der Waals surface area contributed by atoms with Crippen LogP contribution in [-0.4, -0.2) is 39.4 Å². The van der Waals surface area contributed by atoms with Gasteiger partial charge < -0.3 is 19.9 Å². The smallest absolute Gasteiger partial charge is 0.133 e. The van der Waals surface area contributed by atoms with E-state index in [-0.39, 0.29) is 5.84 Å². The molecular weight excluding hydrogens is 300 g/mol. The number of halogens is 1. The highest BCUT2D eigenvalue weighted by Crippen LogP contribution is 2.25. The van der Waals surface area contributed by atoms with E-state index in [0.29, 0.717) is 37.7 Å². The van der Waals surface area contributed by atoms with Crippen molar-refractivity contribution in [3.8, 4) is 5.75 Å². The molecule has 0 bridgehead atoms. The molecule has 5 nitrogen and oxygen atoms in total. The van der Waals surface area contributed by atoms with Gasteiger partial charge in [0.1, 0.15) is 18.2 Å². The highest BCUT2D eigenvalue weighted by Gasteiger charge is 2.04. The maximum Gasteiger partial charge on any atom is 0.133 e. The van der Waals surface area contributed by atoms with Gasteiger partial charge in [0.15, 0.2) is 0 Å². The summed E-state index contributed by atoms with van der Waals surface area (Å²) < 4.78 is 16.4. The summed E-state index contributed by atoms with van der Waals surface area (Å²) in [6.45, 7) is 2.10. The molecule has 6 heteroatoms. The van der Waals surface area contributed by atoms with E-state index in [1.807, 2.05) is 0 Å². The van der Waals surface area contributed by atoms with Crippen molar-refractivity contribution in [3.63, 3.8) is 0 Å². The van der Waals surface area contributed by atoms with E-state index in [2.05, 4.69) is 15.9 Å². The molecule has 3 N–H and O–H groups in total. The minimum atomic E-state index is 0.0325. The summed E-state index contributed by atoms with van der Waals surface area (Å²) in [5.74, 6) is 0.737. The number of methoxy groups -OCH3 is 1. The lowest BCUT2D eigenvalue weighted by Gasteiger charge is -2.09. The van der Waals surface area contributed by atoms with Crippen molar-refractivity contribution in [2.75, 3.05) is 33.5 Å². The van der Waals surface area contributed by atoms with E-state index >= 15 is 0 Å². The van der Waals surface area contributed by atoms with Crippen molar-refractivity contribution in [1.82, 2.24) is 0 Å². The second kappa shape index (κ2) is 8.07. The SMILES string of the molecule is COCCOCCOc1ccc(C(=N)N)cc1Br. The van der Waals surface area contributed by atoms with Crippen LogP contribution in [0.25, 0.3) is 0 Å². The second-order valence-corrected chi connectivity index (χ2v) is 4.37. The van der Waals surface area contributed by atoms with Gasteiger partial charge in [0.2, 0.25) is 0 Å². The molecule has 0 saturated carbocycles. The lowest BCUT2D eigenvalue weighted by atomic mass is 10.2. The third kappa shape index (κ3) is 5.03. The molecule has 1 aromatic rings. The van der Waals surface area contributed by atoms with Crippen LogP contribution in [0.15, 0.2) is 22.7 Å². The lowest BCUT2D eigenvalue weighted by molar-refractivity contribution is 0.0543. The monoisotopic (exact) mass is 316 g/mol. The summed E-state index contributed by atoms with van der Waals surface area (Å²) >= 11 is 3.37. The first-order valence-corrected chi connectivity index (χ1v) is 6.28. The van der Waals surface area contributed by atoms with Gasteiger partial charge in [0, 0.05) is 12.7 Å². The van der Waals surface area contributed by atoms with Crippen LogP contribution in [0.2, 0.25) is 0 Å². The Morgan fingerprint density at radius 3 is 2.61 bits per heavy atom. The molecule has 18 heavy (non-hydrogen) atoms. The molecule has 0 fully saturated rings. The van der Waals surface area contributed by atoms with Gasteiger partial charge in [-0.2, -0.15) is 0 Å². The molecule has 0 spiro atoms. The average Bonchev–Trinajstić information content (AvgIpc) is 2.35. The first kappa shape index (κ1) is 14.9. The highest BCUT2D eigenvalue weighted by molar-refractivity contribution is 9.10. The van der Waals surface area contributed by atoms with Crippen molar-refractivity contribution in [2.45, 2.75) is 0 Å². The Labute approximate surface area is 115 Å². The Hall–Kier alpha value is -1.11. The molecule has 0 aliphatic heterocycles. The number of benzene rings is 1. The molecule has 0 aromatic heterocycles.